The lowest BCUT2D eigenvalue weighted by molar-refractivity contribution is -0.130. The van der Waals surface area contributed by atoms with Gasteiger partial charge in [-0.2, -0.15) is 0 Å². The molecule has 2 aromatic rings. The number of hydrogen-bond acceptors (Lipinski definition) is 3. The Kier molecular flexibility index (Phi) is 6.34. The van der Waals surface area contributed by atoms with Crippen molar-refractivity contribution in [3.63, 3.8) is 0 Å². The van der Waals surface area contributed by atoms with E-state index in [1.165, 1.54) is 11.1 Å². The number of anilines is 2. The van der Waals surface area contributed by atoms with Crippen molar-refractivity contribution in [1.29, 1.82) is 0 Å². The Morgan fingerprint density at radius 2 is 1.96 bits per heavy atom. The fourth-order valence-electron chi connectivity index (χ4n) is 3.74. The molecule has 3 rings (SSSR count). The first-order valence-corrected chi connectivity index (χ1v) is 9.97. The molecule has 0 aromatic heterocycles. The van der Waals surface area contributed by atoms with Crippen LogP contribution in [-0.4, -0.2) is 30.3 Å². The number of carbonyl (C=O) groups excluding carboxylic acids is 2. The summed E-state index contributed by atoms with van der Waals surface area (Å²) in [6.07, 6.45) is 3.62. The molecular weight excluding hydrogens is 350 g/mol. The van der Waals surface area contributed by atoms with E-state index >= 15 is 0 Å². The maximum atomic E-state index is 12.8. The number of benzene rings is 2. The number of carbonyl (C=O) groups is 2. The summed E-state index contributed by atoms with van der Waals surface area (Å²) >= 11 is 0. The Bertz CT molecular complexity index is 863. The van der Waals surface area contributed by atoms with Gasteiger partial charge in [-0.3, -0.25) is 9.59 Å². The second kappa shape index (κ2) is 8.91. The lowest BCUT2D eigenvalue weighted by Gasteiger charge is -2.33. The van der Waals surface area contributed by atoms with Crippen molar-refractivity contribution in [2.75, 3.05) is 24.2 Å². The molecule has 0 radical (unpaired) electrons. The average molecular weight is 380 g/mol. The summed E-state index contributed by atoms with van der Waals surface area (Å²) in [6.45, 7) is 4.03. The summed E-state index contributed by atoms with van der Waals surface area (Å²) in [5.41, 5.74) is 5.25. The van der Waals surface area contributed by atoms with E-state index in [0.717, 1.165) is 36.2 Å². The number of rotatable bonds is 6. The lowest BCUT2D eigenvalue weighted by Crippen LogP contribution is -2.37. The standard InChI is InChI=1S/C23H29N3O2/c1-4-22(27)25-18-13-12-16(2)20(14-18)24-15-23(28)26(3)21-11-7-9-17-8-5-6-10-19(17)21/h5-6,8,10,12-14,21,24H,4,7,9,11,15H2,1-3H3,(H,25,27). The summed E-state index contributed by atoms with van der Waals surface area (Å²) in [6, 6.07) is 14.3. The molecule has 0 heterocycles. The molecule has 0 saturated carbocycles. The van der Waals surface area contributed by atoms with Crippen LogP contribution in [0.3, 0.4) is 0 Å². The second-order valence-electron chi connectivity index (χ2n) is 7.40. The van der Waals surface area contributed by atoms with Gasteiger partial charge < -0.3 is 15.5 Å². The Labute approximate surface area is 167 Å². The molecule has 0 bridgehead atoms. The number of fused-ring (bicyclic) bond motifs is 1. The maximum Gasteiger partial charge on any atom is 0.242 e. The molecule has 1 atom stereocenters. The van der Waals surface area contributed by atoms with E-state index in [-0.39, 0.29) is 24.4 Å². The summed E-state index contributed by atoms with van der Waals surface area (Å²) in [4.78, 5) is 26.3. The van der Waals surface area contributed by atoms with Crippen LogP contribution in [0.2, 0.25) is 0 Å². The Hall–Kier alpha value is -2.82. The first-order valence-electron chi connectivity index (χ1n) is 9.97. The molecule has 1 aliphatic carbocycles. The van der Waals surface area contributed by atoms with Gasteiger partial charge >= 0.3 is 0 Å². The van der Waals surface area contributed by atoms with Crippen molar-refractivity contribution >= 4 is 23.2 Å². The molecule has 28 heavy (non-hydrogen) atoms. The quantitative estimate of drug-likeness (QED) is 0.787. The van der Waals surface area contributed by atoms with Crippen molar-refractivity contribution in [3.05, 3.63) is 59.2 Å². The Morgan fingerprint density at radius 3 is 2.75 bits per heavy atom. The smallest absolute Gasteiger partial charge is 0.242 e. The van der Waals surface area contributed by atoms with Crippen LogP contribution in [0.15, 0.2) is 42.5 Å². The van der Waals surface area contributed by atoms with E-state index in [9.17, 15) is 9.59 Å². The molecule has 148 valence electrons. The van der Waals surface area contributed by atoms with Crippen LogP contribution < -0.4 is 10.6 Å². The minimum atomic E-state index is -0.0263. The molecule has 5 heteroatoms. The molecule has 0 saturated heterocycles. The van der Waals surface area contributed by atoms with Gasteiger partial charge in [0.05, 0.1) is 12.6 Å². The molecule has 1 aliphatic rings. The fraction of sp³-hybridized carbons (Fsp3) is 0.391. The lowest BCUT2D eigenvalue weighted by atomic mass is 9.87. The molecule has 2 amide bonds. The first kappa shape index (κ1) is 19.9. The van der Waals surface area contributed by atoms with Crippen LogP contribution in [-0.2, 0) is 16.0 Å². The summed E-state index contributed by atoms with van der Waals surface area (Å²) in [7, 11) is 1.89. The van der Waals surface area contributed by atoms with Crippen molar-refractivity contribution in [2.45, 2.75) is 45.6 Å². The van der Waals surface area contributed by atoms with Gasteiger partial charge in [-0.1, -0.05) is 37.3 Å². The van der Waals surface area contributed by atoms with Crippen LogP contribution >= 0.6 is 0 Å². The third-order valence-corrected chi connectivity index (χ3v) is 5.47. The molecule has 0 spiro atoms. The largest absolute Gasteiger partial charge is 0.376 e. The van der Waals surface area contributed by atoms with Gasteiger partial charge in [-0.25, -0.2) is 0 Å². The second-order valence-corrected chi connectivity index (χ2v) is 7.40. The van der Waals surface area contributed by atoms with Crippen LogP contribution in [0, 0.1) is 6.92 Å². The van der Waals surface area contributed by atoms with Crippen LogP contribution in [0.5, 0.6) is 0 Å². The molecule has 0 fully saturated rings. The van der Waals surface area contributed by atoms with Gasteiger partial charge in [0.2, 0.25) is 11.8 Å². The number of aryl methyl sites for hydroxylation is 2. The van der Waals surface area contributed by atoms with Crippen LogP contribution in [0.1, 0.15) is 48.9 Å². The van der Waals surface area contributed by atoms with Crippen molar-refractivity contribution in [3.8, 4) is 0 Å². The van der Waals surface area contributed by atoms with Gasteiger partial charge in [0, 0.05) is 24.8 Å². The van der Waals surface area contributed by atoms with Crippen LogP contribution in [0.25, 0.3) is 0 Å². The zero-order chi connectivity index (χ0) is 20.1. The normalized spacial score (nSPS) is 15.5. The van der Waals surface area contributed by atoms with E-state index in [4.69, 9.17) is 0 Å². The average Bonchev–Trinajstić information content (AvgIpc) is 2.72. The van der Waals surface area contributed by atoms with Crippen molar-refractivity contribution in [2.24, 2.45) is 0 Å². The van der Waals surface area contributed by atoms with Gasteiger partial charge in [0.15, 0.2) is 0 Å². The number of nitrogens with one attached hydrogen (secondary N) is 2. The number of hydrogen-bond donors (Lipinski definition) is 2. The minimum absolute atomic E-state index is 0.0263. The highest BCUT2D eigenvalue weighted by Crippen LogP contribution is 2.33. The van der Waals surface area contributed by atoms with E-state index in [2.05, 4.69) is 28.8 Å². The monoisotopic (exact) mass is 379 g/mol. The van der Waals surface area contributed by atoms with Crippen LogP contribution in [0.4, 0.5) is 11.4 Å². The zero-order valence-electron chi connectivity index (χ0n) is 16.9. The summed E-state index contributed by atoms with van der Waals surface area (Å²) in [5.74, 6) is 0.0330. The van der Waals surface area contributed by atoms with E-state index in [1.807, 2.05) is 50.1 Å². The topological polar surface area (TPSA) is 61.4 Å². The Balaban J connectivity index is 1.66. The van der Waals surface area contributed by atoms with Gasteiger partial charge in [0.25, 0.3) is 0 Å². The molecular formula is C23H29N3O2. The highest BCUT2D eigenvalue weighted by molar-refractivity contribution is 5.91. The first-order chi connectivity index (χ1) is 13.5. The molecule has 2 aromatic carbocycles. The highest BCUT2D eigenvalue weighted by atomic mass is 16.2. The third kappa shape index (κ3) is 4.53. The number of nitrogens with zero attached hydrogens (tertiary/aromatic N) is 1. The van der Waals surface area contributed by atoms with Crippen molar-refractivity contribution < 1.29 is 9.59 Å². The highest BCUT2D eigenvalue weighted by Gasteiger charge is 2.26. The fourth-order valence-corrected chi connectivity index (χ4v) is 3.74. The molecule has 0 aliphatic heterocycles. The van der Waals surface area contributed by atoms with Gasteiger partial charge in [0.1, 0.15) is 0 Å². The minimum Gasteiger partial charge on any atom is -0.376 e. The molecule has 2 N–H and O–H groups in total. The summed E-state index contributed by atoms with van der Waals surface area (Å²) in [5, 5.41) is 6.10. The maximum absolute atomic E-state index is 12.8. The van der Waals surface area contributed by atoms with Gasteiger partial charge in [-0.05, 0) is 55.0 Å². The van der Waals surface area contributed by atoms with E-state index in [0.29, 0.717) is 6.42 Å². The SMILES string of the molecule is CCC(=O)Nc1ccc(C)c(NCC(=O)N(C)C2CCCc3ccccc32)c1. The Morgan fingerprint density at radius 1 is 1.18 bits per heavy atom. The third-order valence-electron chi connectivity index (χ3n) is 5.47. The number of likely N-dealkylation sites (N-methyl/N-ethyl adjacent to an activating group) is 1. The van der Waals surface area contributed by atoms with E-state index < -0.39 is 0 Å². The van der Waals surface area contributed by atoms with Gasteiger partial charge in [-0.15, -0.1) is 0 Å². The molecule has 1 unspecified atom stereocenters. The van der Waals surface area contributed by atoms with E-state index in [1.54, 1.807) is 0 Å². The predicted octanol–water partition coefficient (Wildman–Crippen LogP) is 4.29. The molecule has 5 nitrogen and oxygen atoms in total. The number of amides is 2. The predicted molar refractivity (Wildman–Crippen MR) is 113 cm³/mol. The zero-order valence-corrected chi connectivity index (χ0v) is 16.9. The summed E-state index contributed by atoms with van der Waals surface area (Å²) < 4.78 is 0. The van der Waals surface area contributed by atoms with Crippen molar-refractivity contribution in [1.82, 2.24) is 4.90 Å².